The topological polar surface area (TPSA) is 55.8 Å². The number of methoxy groups -OCH3 is 1. The number of hydrogen-bond donors (Lipinski definition) is 0. The lowest BCUT2D eigenvalue weighted by atomic mass is 10.4. The van der Waals surface area contributed by atoms with Crippen LogP contribution in [0.25, 0.3) is 0 Å². The number of rotatable bonds is 5. The molecule has 14 heavy (non-hydrogen) atoms. The van der Waals surface area contributed by atoms with Gasteiger partial charge in [0.05, 0.1) is 13.7 Å². The van der Waals surface area contributed by atoms with Gasteiger partial charge in [-0.25, -0.2) is 4.79 Å². The van der Waals surface area contributed by atoms with Crippen molar-refractivity contribution in [3.8, 4) is 0 Å². The second kappa shape index (κ2) is 7.17. The van der Waals surface area contributed by atoms with Gasteiger partial charge in [-0.05, 0) is 13.3 Å². The van der Waals surface area contributed by atoms with E-state index in [-0.39, 0.29) is 6.54 Å². The van der Waals surface area contributed by atoms with Crippen molar-refractivity contribution in [2.45, 2.75) is 20.3 Å². The summed E-state index contributed by atoms with van der Waals surface area (Å²) in [7, 11) is 1.29. The molecular weight excluding hydrogens is 186 g/mol. The smallest absolute Gasteiger partial charge is 0.410 e. The van der Waals surface area contributed by atoms with Crippen LogP contribution < -0.4 is 0 Å². The van der Waals surface area contributed by atoms with E-state index in [0.717, 1.165) is 6.42 Å². The molecule has 0 aromatic heterocycles. The number of esters is 1. The van der Waals surface area contributed by atoms with Gasteiger partial charge in [0.25, 0.3) is 0 Å². The lowest BCUT2D eigenvalue weighted by Gasteiger charge is -2.19. The predicted octanol–water partition coefficient (Wildman–Crippen LogP) is 1.03. The quantitative estimate of drug-likeness (QED) is 0.626. The highest BCUT2D eigenvalue weighted by Gasteiger charge is 2.17. The van der Waals surface area contributed by atoms with E-state index in [1.54, 1.807) is 6.92 Å². The van der Waals surface area contributed by atoms with Gasteiger partial charge in [0, 0.05) is 6.54 Å². The number of ether oxygens (including phenoxy) is 2. The van der Waals surface area contributed by atoms with Crippen LogP contribution in [0.1, 0.15) is 20.3 Å². The Hall–Kier alpha value is -1.26. The van der Waals surface area contributed by atoms with Crippen LogP contribution in [0.5, 0.6) is 0 Å². The van der Waals surface area contributed by atoms with Crippen molar-refractivity contribution in [2.75, 3.05) is 26.8 Å². The molecule has 1 amide bonds. The van der Waals surface area contributed by atoms with Gasteiger partial charge < -0.3 is 9.47 Å². The first kappa shape index (κ1) is 12.7. The Labute approximate surface area is 84.0 Å². The molecule has 0 saturated carbocycles. The molecule has 0 unspecified atom stereocenters. The Morgan fingerprint density at radius 2 is 1.93 bits per heavy atom. The molecule has 0 aliphatic heterocycles. The molecule has 0 saturated heterocycles. The summed E-state index contributed by atoms with van der Waals surface area (Å²) in [5.74, 6) is -0.438. The van der Waals surface area contributed by atoms with Gasteiger partial charge in [-0.3, -0.25) is 9.69 Å². The molecule has 0 fully saturated rings. The summed E-state index contributed by atoms with van der Waals surface area (Å²) in [6, 6.07) is 0. The van der Waals surface area contributed by atoms with Gasteiger partial charge in [0.15, 0.2) is 0 Å². The molecule has 0 radical (unpaired) electrons. The van der Waals surface area contributed by atoms with E-state index in [1.807, 2.05) is 6.92 Å². The summed E-state index contributed by atoms with van der Waals surface area (Å²) in [4.78, 5) is 23.5. The number of carbonyl (C=O) groups is 2. The van der Waals surface area contributed by atoms with Gasteiger partial charge >= 0.3 is 12.1 Å². The molecule has 0 heterocycles. The van der Waals surface area contributed by atoms with Gasteiger partial charge in [-0.15, -0.1) is 0 Å². The molecule has 0 bridgehead atoms. The van der Waals surface area contributed by atoms with Crippen LogP contribution in [0.15, 0.2) is 0 Å². The Kier molecular flexibility index (Phi) is 6.53. The Bertz CT molecular complexity index is 193. The van der Waals surface area contributed by atoms with Gasteiger partial charge in [0.1, 0.15) is 6.54 Å². The van der Waals surface area contributed by atoms with Crippen LogP contribution in [-0.4, -0.2) is 43.8 Å². The van der Waals surface area contributed by atoms with Crippen molar-refractivity contribution in [2.24, 2.45) is 0 Å². The minimum atomic E-state index is -0.472. The molecule has 0 aromatic carbocycles. The molecule has 5 heteroatoms. The van der Waals surface area contributed by atoms with Gasteiger partial charge in [-0.1, -0.05) is 6.92 Å². The fraction of sp³-hybridized carbons (Fsp3) is 0.778. The third kappa shape index (κ3) is 4.69. The maximum atomic E-state index is 11.3. The van der Waals surface area contributed by atoms with E-state index in [4.69, 9.17) is 4.74 Å². The molecule has 82 valence electrons. The summed E-state index contributed by atoms with van der Waals surface area (Å²) < 4.78 is 9.25. The van der Waals surface area contributed by atoms with E-state index >= 15 is 0 Å². The Morgan fingerprint density at radius 3 is 2.36 bits per heavy atom. The normalized spacial score (nSPS) is 9.36. The minimum absolute atomic E-state index is 0.0524. The fourth-order valence-electron chi connectivity index (χ4n) is 0.940. The zero-order valence-electron chi connectivity index (χ0n) is 8.91. The largest absolute Gasteiger partial charge is 0.468 e. The highest BCUT2D eigenvalue weighted by atomic mass is 16.6. The van der Waals surface area contributed by atoms with E-state index < -0.39 is 12.1 Å². The molecule has 0 aliphatic carbocycles. The Balaban J connectivity index is 4.13. The maximum absolute atomic E-state index is 11.3. The zero-order valence-corrected chi connectivity index (χ0v) is 8.91. The van der Waals surface area contributed by atoms with E-state index in [1.165, 1.54) is 12.0 Å². The molecule has 0 aromatic rings. The summed E-state index contributed by atoms with van der Waals surface area (Å²) >= 11 is 0. The van der Waals surface area contributed by atoms with Crippen LogP contribution in [0, 0.1) is 0 Å². The zero-order chi connectivity index (χ0) is 11.0. The van der Waals surface area contributed by atoms with E-state index in [2.05, 4.69) is 4.74 Å². The molecule has 0 atom stereocenters. The van der Waals surface area contributed by atoms with Crippen LogP contribution in [-0.2, 0) is 14.3 Å². The van der Waals surface area contributed by atoms with E-state index in [0.29, 0.717) is 13.2 Å². The van der Waals surface area contributed by atoms with Crippen LogP contribution in [0.3, 0.4) is 0 Å². The summed E-state index contributed by atoms with van der Waals surface area (Å²) in [6.45, 7) is 4.39. The molecule has 0 N–H and O–H groups in total. The minimum Gasteiger partial charge on any atom is -0.468 e. The Morgan fingerprint density at radius 1 is 1.29 bits per heavy atom. The third-order valence-corrected chi connectivity index (χ3v) is 1.57. The first-order chi connectivity index (χ1) is 6.65. The first-order valence-corrected chi connectivity index (χ1v) is 4.64. The lowest BCUT2D eigenvalue weighted by Crippen LogP contribution is -2.37. The standard InChI is InChI=1S/C9H17NO4/c1-4-6-10(7-8(11)13-3)9(12)14-5-2/h4-7H2,1-3H3. The number of carbonyl (C=O) groups excluding carboxylic acids is 2. The molecular formula is C9H17NO4. The number of nitrogens with zero attached hydrogens (tertiary/aromatic N) is 1. The van der Waals surface area contributed by atoms with E-state index in [9.17, 15) is 9.59 Å². The molecule has 0 aliphatic rings. The van der Waals surface area contributed by atoms with Crippen LogP contribution in [0.4, 0.5) is 4.79 Å². The van der Waals surface area contributed by atoms with Crippen molar-refractivity contribution >= 4 is 12.1 Å². The number of hydrogen-bond acceptors (Lipinski definition) is 4. The maximum Gasteiger partial charge on any atom is 0.410 e. The molecule has 5 nitrogen and oxygen atoms in total. The van der Waals surface area contributed by atoms with Crippen LogP contribution >= 0.6 is 0 Å². The first-order valence-electron chi connectivity index (χ1n) is 4.64. The lowest BCUT2D eigenvalue weighted by molar-refractivity contribution is -0.141. The number of amides is 1. The second-order valence-corrected chi connectivity index (χ2v) is 2.70. The van der Waals surface area contributed by atoms with Crippen molar-refractivity contribution in [3.05, 3.63) is 0 Å². The van der Waals surface area contributed by atoms with Gasteiger partial charge in [-0.2, -0.15) is 0 Å². The van der Waals surface area contributed by atoms with Crippen molar-refractivity contribution in [1.29, 1.82) is 0 Å². The van der Waals surface area contributed by atoms with Crippen molar-refractivity contribution in [3.63, 3.8) is 0 Å². The fourth-order valence-corrected chi connectivity index (χ4v) is 0.940. The SMILES string of the molecule is CCCN(CC(=O)OC)C(=O)OCC. The highest BCUT2D eigenvalue weighted by Crippen LogP contribution is 1.97. The van der Waals surface area contributed by atoms with Crippen molar-refractivity contribution < 1.29 is 19.1 Å². The average molecular weight is 203 g/mol. The third-order valence-electron chi connectivity index (χ3n) is 1.57. The van der Waals surface area contributed by atoms with Gasteiger partial charge in [0.2, 0.25) is 0 Å². The highest BCUT2D eigenvalue weighted by molar-refractivity contribution is 5.77. The molecule has 0 rings (SSSR count). The summed E-state index contributed by atoms with van der Waals surface area (Å²) in [5, 5.41) is 0. The summed E-state index contributed by atoms with van der Waals surface area (Å²) in [5.41, 5.74) is 0. The molecule has 0 spiro atoms. The monoisotopic (exact) mass is 203 g/mol. The average Bonchev–Trinajstić information content (AvgIpc) is 2.17. The summed E-state index contributed by atoms with van der Waals surface area (Å²) in [6.07, 6.45) is 0.301. The van der Waals surface area contributed by atoms with Crippen molar-refractivity contribution in [1.82, 2.24) is 4.90 Å². The predicted molar refractivity (Wildman–Crippen MR) is 50.9 cm³/mol. The second-order valence-electron chi connectivity index (χ2n) is 2.70. The van der Waals surface area contributed by atoms with Crippen LogP contribution in [0.2, 0.25) is 0 Å².